The third kappa shape index (κ3) is 5.36. The molecule has 1 aromatic carbocycles. The minimum absolute atomic E-state index is 0.0397. The van der Waals surface area contributed by atoms with Crippen LogP contribution < -0.4 is 4.74 Å². The molecule has 1 aliphatic rings. The lowest BCUT2D eigenvalue weighted by molar-refractivity contribution is -0.135. The second kappa shape index (κ2) is 8.18. The monoisotopic (exact) mass is 374 g/mol. The van der Waals surface area contributed by atoms with E-state index in [0.29, 0.717) is 49.9 Å². The molecule has 0 N–H and O–H groups in total. The molecular weight excluding hydrogens is 352 g/mol. The van der Waals surface area contributed by atoms with Crippen LogP contribution in [0.4, 0.5) is 0 Å². The Balaban J connectivity index is 1.76. The first-order valence-corrected chi connectivity index (χ1v) is 10.1. The van der Waals surface area contributed by atoms with E-state index in [1.807, 2.05) is 12.1 Å². The molecule has 134 valence electrons. The van der Waals surface area contributed by atoms with Gasteiger partial charge >= 0.3 is 0 Å². The van der Waals surface area contributed by atoms with E-state index < -0.39 is 10.0 Å². The van der Waals surface area contributed by atoms with Crippen LogP contribution in [0.15, 0.2) is 24.3 Å². The molecule has 6 nitrogen and oxygen atoms in total. The van der Waals surface area contributed by atoms with Gasteiger partial charge in [-0.05, 0) is 31.0 Å². The number of carbonyl (C=O) groups excluding carboxylic acids is 1. The van der Waals surface area contributed by atoms with E-state index in [2.05, 4.69) is 0 Å². The van der Waals surface area contributed by atoms with E-state index >= 15 is 0 Å². The molecule has 0 aromatic heterocycles. The first-order chi connectivity index (χ1) is 11.3. The summed E-state index contributed by atoms with van der Waals surface area (Å²) < 4.78 is 30.0. The van der Waals surface area contributed by atoms with Crippen molar-refractivity contribution in [3.63, 3.8) is 0 Å². The molecule has 0 spiro atoms. The molecule has 1 amide bonds. The van der Waals surface area contributed by atoms with Crippen molar-refractivity contribution < 1.29 is 17.9 Å². The number of nitrogens with zero attached hydrogens (tertiary/aromatic N) is 2. The van der Waals surface area contributed by atoms with Crippen LogP contribution in [0, 0.1) is 5.92 Å². The summed E-state index contributed by atoms with van der Waals surface area (Å²) in [6, 6.07) is 7.12. The molecule has 0 saturated carbocycles. The van der Waals surface area contributed by atoms with Crippen molar-refractivity contribution in [1.82, 2.24) is 9.21 Å². The van der Waals surface area contributed by atoms with Gasteiger partial charge < -0.3 is 9.64 Å². The second-order valence-corrected chi connectivity index (χ2v) is 8.42. The smallest absolute Gasteiger partial charge is 0.225 e. The molecule has 0 aliphatic carbocycles. The normalized spacial score (nSPS) is 16.8. The van der Waals surface area contributed by atoms with Gasteiger partial charge in [0, 0.05) is 31.1 Å². The van der Waals surface area contributed by atoms with Crippen molar-refractivity contribution in [1.29, 1.82) is 0 Å². The maximum absolute atomic E-state index is 12.4. The topological polar surface area (TPSA) is 66.9 Å². The maximum atomic E-state index is 12.4. The third-order valence-electron chi connectivity index (χ3n) is 4.14. The third-order valence-corrected chi connectivity index (χ3v) is 5.68. The van der Waals surface area contributed by atoms with Crippen LogP contribution in [-0.2, 0) is 14.8 Å². The number of hydrogen-bond donors (Lipinski definition) is 0. The van der Waals surface area contributed by atoms with Crippen LogP contribution in [0.3, 0.4) is 0 Å². The van der Waals surface area contributed by atoms with Gasteiger partial charge in [0.1, 0.15) is 12.4 Å². The molecule has 2 rings (SSSR count). The minimum Gasteiger partial charge on any atom is -0.492 e. The van der Waals surface area contributed by atoms with Gasteiger partial charge in [0.2, 0.25) is 15.9 Å². The van der Waals surface area contributed by atoms with E-state index in [9.17, 15) is 13.2 Å². The molecular formula is C16H23ClN2O4S. The first kappa shape index (κ1) is 19.0. The average molecular weight is 375 g/mol. The molecule has 1 fully saturated rings. The van der Waals surface area contributed by atoms with Gasteiger partial charge in [0.05, 0.1) is 12.8 Å². The van der Waals surface area contributed by atoms with Crippen molar-refractivity contribution in [2.24, 2.45) is 5.92 Å². The Hall–Kier alpha value is -1.31. The van der Waals surface area contributed by atoms with Gasteiger partial charge in [-0.2, -0.15) is 0 Å². The Labute approximate surface area is 148 Å². The number of piperidine rings is 1. The number of likely N-dealkylation sites (N-methyl/N-ethyl adjacent to an activating group) is 1. The number of carbonyl (C=O) groups is 1. The van der Waals surface area contributed by atoms with Crippen molar-refractivity contribution in [2.45, 2.75) is 12.8 Å². The Bertz CT molecular complexity index is 672. The first-order valence-electron chi connectivity index (χ1n) is 7.86. The number of sulfonamides is 1. The van der Waals surface area contributed by atoms with E-state index in [-0.39, 0.29) is 11.8 Å². The highest BCUT2D eigenvalue weighted by Gasteiger charge is 2.30. The summed E-state index contributed by atoms with van der Waals surface area (Å²) in [5.41, 5.74) is 0. The second-order valence-electron chi connectivity index (χ2n) is 6.00. The van der Waals surface area contributed by atoms with Gasteiger partial charge in [-0.15, -0.1) is 0 Å². The highest BCUT2D eigenvalue weighted by atomic mass is 35.5. The molecule has 1 aromatic rings. The Kier molecular flexibility index (Phi) is 6.48. The quantitative estimate of drug-likeness (QED) is 0.762. The summed E-state index contributed by atoms with van der Waals surface area (Å²) in [4.78, 5) is 14.1. The molecule has 0 atom stereocenters. The zero-order valence-corrected chi connectivity index (χ0v) is 15.5. The lowest BCUT2D eigenvalue weighted by Gasteiger charge is -2.31. The Morgan fingerprint density at radius 3 is 2.62 bits per heavy atom. The minimum atomic E-state index is -3.17. The summed E-state index contributed by atoms with van der Waals surface area (Å²) in [5, 5.41) is 0.606. The molecule has 1 saturated heterocycles. The number of amides is 1. The van der Waals surface area contributed by atoms with E-state index in [0.717, 1.165) is 0 Å². The number of hydrogen-bond acceptors (Lipinski definition) is 4. The number of ether oxygens (including phenoxy) is 1. The van der Waals surface area contributed by atoms with Crippen LogP contribution in [0.1, 0.15) is 12.8 Å². The van der Waals surface area contributed by atoms with Gasteiger partial charge in [-0.25, -0.2) is 12.7 Å². The number of halogens is 1. The summed E-state index contributed by atoms with van der Waals surface area (Å²) >= 11 is 5.89. The summed E-state index contributed by atoms with van der Waals surface area (Å²) in [6.45, 7) is 1.66. The van der Waals surface area contributed by atoms with Crippen LogP contribution in [0.2, 0.25) is 5.02 Å². The zero-order chi connectivity index (χ0) is 17.7. The Morgan fingerprint density at radius 1 is 1.38 bits per heavy atom. The fourth-order valence-electron chi connectivity index (χ4n) is 2.71. The summed E-state index contributed by atoms with van der Waals surface area (Å²) in [7, 11) is -1.42. The van der Waals surface area contributed by atoms with Gasteiger partial charge in [0.25, 0.3) is 0 Å². The van der Waals surface area contributed by atoms with E-state index in [4.69, 9.17) is 16.3 Å². The van der Waals surface area contributed by atoms with E-state index in [1.165, 1.54) is 10.6 Å². The lowest BCUT2D eigenvalue weighted by atomic mass is 9.97. The van der Waals surface area contributed by atoms with Crippen molar-refractivity contribution in [2.75, 3.05) is 39.5 Å². The molecule has 24 heavy (non-hydrogen) atoms. The molecule has 0 unspecified atom stereocenters. The zero-order valence-electron chi connectivity index (χ0n) is 13.9. The Morgan fingerprint density at radius 2 is 2.04 bits per heavy atom. The average Bonchev–Trinajstić information content (AvgIpc) is 2.53. The number of benzene rings is 1. The fourth-order valence-corrected chi connectivity index (χ4v) is 3.77. The van der Waals surface area contributed by atoms with Gasteiger partial charge in [-0.1, -0.05) is 17.7 Å². The highest BCUT2D eigenvalue weighted by Crippen LogP contribution is 2.21. The summed E-state index contributed by atoms with van der Waals surface area (Å²) in [5.74, 6) is 0.585. The maximum Gasteiger partial charge on any atom is 0.225 e. The lowest BCUT2D eigenvalue weighted by Crippen LogP contribution is -2.43. The number of rotatable bonds is 6. The molecule has 1 heterocycles. The fraction of sp³-hybridized carbons (Fsp3) is 0.562. The highest BCUT2D eigenvalue weighted by molar-refractivity contribution is 7.88. The van der Waals surface area contributed by atoms with E-state index in [1.54, 1.807) is 24.1 Å². The largest absolute Gasteiger partial charge is 0.492 e. The molecule has 0 radical (unpaired) electrons. The van der Waals surface area contributed by atoms with Crippen molar-refractivity contribution in [3.05, 3.63) is 29.3 Å². The van der Waals surface area contributed by atoms with Crippen molar-refractivity contribution >= 4 is 27.5 Å². The van der Waals surface area contributed by atoms with Crippen molar-refractivity contribution in [3.8, 4) is 5.75 Å². The van der Waals surface area contributed by atoms with Crippen LogP contribution in [0.25, 0.3) is 0 Å². The van der Waals surface area contributed by atoms with Crippen LogP contribution in [-0.4, -0.2) is 63.1 Å². The SMILES string of the molecule is CN(CCOc1cccc(Cl)c1)C(=O)C1CCN(S(C)(=O)=O)CC1. The van der Waals surface area contributed by atoms with Gasteiger partial charge in [0.15, 0.2) is 0 Å². The van der Waals surface area contributed by atoms with Gasteiger partial charge in [-0.3, -0.25) is 4.79 Å². The molecule has 1 aliphatic heterocycles. The van der Waals surface area contributed by atoms with Crippen LogP contribution in [0.5, 0.6) is 5.75 Å². The molecule has 0 bridgehead atoms. The summed E-state index contributed by atoms with van der Waals surface area (Å²) in [6.07, 6.45) is 2.32. The predicted octanol–water partition coefficient (Wildman–Crippen LogP) is 1.85. The predicted molar refractivity (Wildman–Crippen MR) is 93.7 cm³/mol. The molecule has 8 heteroatoms. The van der Waals surface area contributed by atoms with Crippen LogP contribution >= 0.6 is 11.6 Å². The standard InChI is InChI=1S/C16H23ClN2O4S/c1-18(10-11-23-15-5-3-4-14(17)12-15)16(20)13-6-8-19(9-7-13)24(2,21)22/h3-5,12-13H,6-11H2,1-2H3.